The maximum absolute atomic E-state index is 11.3. The Hall–Kier alpha value is -5.04. The van der Waals surface area contributed by atoms with Crippen LogP contribution in [0, 0.1) is 0 Å². The van der Waals surface area contributed by atoms with E-state index in [2.05, 4.69) is 98.2 Å². The van der Waals surface area contributed by atoms with Gasteiger partial charge in [0.05, 0.1) is 0 Å². The average Bonchev–Trinajstić information content (AvgIpc) is 3.70. The van der Waals surface area contributed by atoms with Gasteiger partial charge in [-0.2, -0.15) is 0 Å². The van der Waals surface area contributed by atoms with Crippen molar-refractivity contribution in [1.82, 2.24) is 9.80 Å². The monoisotopic (exact) mass is 722 g/mol. The second-order valence-corrected chi connectivity index (χ2v) is 15.2. The first-order valence-electron chi connectivity index (χ1n) is 19.6. The van der Waals surface area contributed by atoms with Crippen LogP contribution >= 0.6 is 0 Å². The molecule has 0 aliphatic carbocycles. The summed E-state index contributed by atoms with van der Waals surface area (Å²) in [6, 6.07) is 37.8. The molecule has 6 nitrogen and oxygen atoms in total. The predicted octanol–water partition coefficient (Wildman–Crippen LogP) is 10.2. The van der Waals surface area contributed by atoms with Crippen molar-refractivity contribution in [2.45, 2.75) is 65.5 Å². The van der Waals surface area contributed by atoms with Gasteiger partial charge in [0.2, 0.25) is 0 Å². The molecule has 1 heterocycles. The molecular weight excluding hydrogens is 669 g/mol. The predicted molar refractivity (Wildman–Crippen MR) is 222 cm³/mol. The third kappa shape index (κ3) is 8.51. The molecule has 1 aliphatic rings. The number of benzene rings is 6. The summed E-state index contributed by atoms with van der Waals surface area (Å²) in [5.41, 5.74) is 6.05. The van der Waals surface area contributed by atoms with Crippen molar-refractivity contribution < 1.29 is 19.7 Å². The highest BCUT2D eigenvalue weighted by molar-refractivity contribution is 6.01. The van der Waals surface area contributed by atoms with Gasteiger partial charge in [0.15, 0.2) is 0 Å². The van der Waals surface area contributed by atoms with Gasteiger partial charge >= 0.3 is 0 Å². The number of likely N-dealkylation sites (tertiary alicyclic amines) is 1. The molecule has 0 aromatic heterocycles. The largest absolute Gasteiger partial charge is 0.508 e. The fourth-order valence-electron chi connectivity index (χ4n) is 8.15. The minimum Gasteiger partial charge on any atom is -0.508 e. The molecule has 6 heteroatoms. The summed E-state index contributed by atoms with van der Waals surface area (Å²) < 4.78 is 12.7. The molecule has 6 aromatic rings. The molecule has 6 aromatic carbocycles. The summed E-state index contributed by atoms with van der Waals surface area (Å²) in [7, 11) is 0. The Balaban J connectivity index is 1.18. The quantitative estimate of drug-likeness (QED) is 0.110. The Labute approximate surface area is 320 Å². The standard InChI is InChI=1S/C48H54N2O4/c1-33(2)50(34(3)4)27-29-53-38-18-14-35(15-19-38)30-44-40-12-9-13-41(42(40)20-22-47(44)52)45-32-36(16-23-48(45)54-28-26-49-24-7-8-25-49)31-43-39-11-6-5-10-37(39)17-21-46(43)51/h5-6,9-23,32-34,51-52H,7-8,24-31H2,1-4H3. The van der Waals surface area contributed by atoms with E-state index in [0.717, 1.165) is 92.6 Å². The van der Waals surface area contributed by atoms with Gasteiger partial charge in [-0.3, -0.25) is 9.80 Å². The molecule has 54 heavy (non-hydrogen) atoms. The Bertz CT molecular complexity index is 2180. The number of phenols is 2. The van der Waals surface area contributed by atoms with Crippen LogP contribution in [0.4, 0.5) is 0 Å². The van der Waals surface area contributed by atoms with Crippen molar-refractivity contribution in [2.24, 2.45) is 0 Å². The van der Waals surface area contributed by atoms with E-state index in [-0.39, 0.29) is 5.75 Å². The van der Waals surface area contributed by atoms with Crippen LogP contribution in [0.1, 0.15) is 62.8 Å². The number of fused-ring (bicyclic) bond motifs is 2. The topological polar surface area (TPSA) is 65.4 Å². The maximum atomic E-state index is 11.3. The maximum Gasteiger partial charge on any atom is 0.127 e. The number of phenolic OH excluding ortho intramolecular Hbond substituents is 2. The Morgan fingerprint density at radius 3 is 2.04 bits per heavy atom. The summed E-state index contributed by atoms with van der Waals surface area (Å²) in [5.74, 6) is 2.27. The average molecular weight is 723 g/mol. The van der Waals surface area contributed by atoms with Gasteiger partial charge in [0.25, 0.3) is 0 Å². The zero-order chi connectivity index (χ0) is 37.6. The summed E-state index contributed by atoms with van der Waals surface area (Å²) in [4.78, 5) is 4.90. The third-order valence-electron chi connectivity index (χ3n) is 11.0. The van der Waals surface area contributed by atoms with Gasteiger partial charge in [-0.25, -0.2) is 0 Å². The first-order chi connectivity index (χ1) is 26.2. The van der Waals surface area contributed by atoms with Gasteiger partial charge in [0.1, 0.15) is 36.2 Å². The minimum absolute atomic E-state index is 0.282. The van der Waals surface area contributed by atoms with Crippen LogP contribution in [-0.4, -0.2) is 71.5 Å². The molecule has 0 spiro atoms. The van der Waals surface area contributed by atoms with Gasteiger partial charge in [-0.1, -0.05) is 72.8 Å². The van der Waals surface area contributed by atoms with Crippen LogP contribution in [0.15, 0.2) is 109 Å². The van der Waals surface area contributed by atoms with Gasteiger partial charge in [0, 0.05) is 54.7 Å². The smallest absolute Gasteiger partial charge is 0.127 e. The number of nitrogens with zero attached hydrogens (tertiary/aromatic N) is 2. The molecule has 0 unspecified atom stereocenters. The Kier molecular flexibility index (Phi) is 11.7. The summed E-state index contributed by atoms with van der Waals surface area (Å²) in [6.07, 6.45) is 3.67. The molecule has 0 atom stereocenters. The van der Waals surface area contributed by atoms with Crippen LogP contribution < -0.4 is 9.47 Å². The fourth-order valence-corrected chi connectivity index (χ4v) is 8.15. The fraction of sp³-hybridized carbons (Fsp3) is 0.333. The minimum atomic E-state index is 0.282. The Morgan fingerprint density at radius 1 is 0.611 bits per heavy atom. The third-order valence-corrected chi connectivity index (χ3v) is 11.0. The van der Waals surface area contributed by atoms with Crippen molar-refractivity contribution in [3.05, 3.63) is 131 Å². The molecule has 1 fully saturated rings. The molecule has 280 valence electrons. The highest BCUT2D eigenvalue weighted by Gasteiger charge is 2.18. The van der Waals surface area contributed by atoms with Crippen LogP contribution in [0.25, 0.3) is 32.7 Å². The summed E-state index contributed by atoms with van der Waals surface area (Å²) >= 11 is 0. The lowest BCUT2D eigenvalue weighted by Crippen LogP contribution is -2.39. The molecule has 0 amide bonds. The van der Waals surface area contributed by atoms with Crippen LogP contribution in [0.5, 0.6) is 23.0 Å². The first kappa shape index (κ1) is 37.3. The van der Waals surface area contributed by atoms with E-state index in [1.54, 1.807) is 6.07 Å². The van der Waals surface area contributed by atoms with Crippen molar-refractivity contribution >= 4 is 21.5 Å². The molecule has 0 bridgehead atoms. The lowest BCUT2D eigenvalue weighted by atomic mass is 9.90. The van der Waals surface area contributed by atoms with Crippen molar-refractivity contribution in [3.8, 4) is 34.1 Å². The molecule has 1 aliphatic heterocycles. The zero-order valence-electron chi connectivity index (χ0n) is 32.2. The lowest BCUT2D eigenvalue weighted by Gasteiger charge is -2.30. The highest BCUT2D eigenvalue weighted by Crippen LogP contribution is 2.40. The van der Waals surface area contributed by atoms with Crippen LogP contribution in [0.2, 0.25) is 0 Å². The van der Waals surface area contributed by atoms with E-state index in [1.165, 1.54) is 12.8 Å². The van der Waals surface area contributed by atoms with Gasteiger partial charge < -0.3 is 19.7 Å². The van der Waals surface area contributed by atoms with Gasteiger partial charge in [-0.05, 0) is 128 Å². The van der Waals surface area contributed by atoms with E-state index < -0.39 is 0 Å². The SMILES string of the molecule is CC(C)N(CCOc1ccc(Cc2c(O)ccc3c(-c4cc(Cc5c(O)ccc6ccccc56)ccc4OCCN4CCCC4)cccc23)cc1)C(C)C. The van der Waals surface area contributed by atoms with Crippen molar-refractivity contribution in [2.75, 3.05) is 39.4 Å². The summed E-state index contributed by atoms with van der Waals surface area (Å²) in [6.45, 7) is 14.2. The zero-order valence-corrected chi connectivity index (χ0v) is 32.2. The molecule has 7 rings (SSSR count). The number of rotatable bonds is 15. The molecule has 1 saturated heterocycles. The first-order valence-corrected chi connectivity index (χ1v) is 19.6. The van der Waals surface area contributed by atoms with E-state index in [4.69, 9.17) is 9.47 Å². The highest BCUT2D eigenvalue weighted by atomic mass is 16.5. The van der Waals surface area contributed by atoms with Crippen molar-refractivity contribution in [3.63, 3.8) is 0 Å². The molecule has 0 saturated carbocycles. The molecular formula is C48H54N2O4. The van der Waals surface area contributed by atoms with Crippen molar-refractivity contribution in [1.29, 1.82) is 0 Å². The van der Waals surface area contributed by atoms with Gasteiger partial charge in [-0.15, -0.1) is 0 Å². The van der Waals surface area contributed by atoms with E-state index >= 15 is 0 Å². The second kappa shape index (κ2) is 17.0. The molecule has 2 N–H and O–H groups in total. The molecule has 0 radical (unpaired) electrons. The number of aromatic hydroxyl groups is 2. The lowest BCUT2D eigenvalue weighted by molar-refractivity contribution is 0.142. The second-order valence-electron chi connectivity index (χ2n) is 15.2. The van der Waals surface area contributed by atoms with E-state index in [0.29, 0.717) is 43.9 Å². The number of hydrogen-bond donors (Lipinski definition) is 2. The van der Waals surface area contributed by atoms with Crippen LogP contribution in [0.3, 0.4) is 0 Å². The normalized spacial score (nSPS) is 13.5. The Morgan fingerprint density at radius 2 is 1.28 bits per heavy atom. The van der Waals surface area contributed by atoms with E-state index in [1.807, 2.05) is 42.5 Å². The number of hydrogen-bond acceptors (Lipinski definition) is 6. The summed E-state index contributed by atoms with van der Waals surface area (Å²) in [5, 5.41) is 26.5. The van der Waals surface area contributed by atoms with Crippen LogP contribution in [-0.2, 0) is 12.8 Å². The van der Waals surface area contributed by atoms with E-state index in [9.17, 15) is 10.2 Å². The number of ether oxygens (including phenoxy) is 2.